The van der Waals surface area contributed by atoms with Crippen LogP contribution < -0.4 is 14.5 Å². The van der Waals surface area contributed by atoms with E-state index in [9.17, 15) is 0 Å². The number of fused-ring (bicyclic) bond motifs is 10. The minimum Gasteiger partial charge on any atom is -0.453 e. The molecule has 0 saturated heterocycles. The predicted octanol–water partition coefficient (Wildman–Crippen LogP) is 13.0. The fraction of sp³-hybridized carbons (Fsp3) is 0. The van der Waals surface area contributed by atoms with E-state index in [-0.39, 0.29) is 0 Å². The van der Waals surface area contributed by atoms with Crippen molar-refractivity contribution in [3.8, 4) is 34.0 Å². The van der Waals surface area contributed by atoms with Gasteiger partial charge in [0.25, 0.3) is 0 Å². The van der Waals surface area contributed by atoms with Crippen molar-refractivity contribution in [2.75, 3.05) is 9.80 Å². The van der Waals surface area contributed by atoms with Crippen LogP contribution >= 0.6 is 11.8 Å². The number of benzene rings is 7. The Morgan fingerprint density at radius 3 is 1.27 bits per heavy atom. The van der Waals surface area contributed by atoms with Gasteiger partial charge in [0.05, 0.1) is 68.9 Å². The molecule has 2 aliphatic rings. The van der Waals surface area contributed by atoms with Crippen molar-refractivity contribution in [2.45, 2.75) is 9.79 Å². The summed E-state index contributed by atoms with van der Waals surface area (Å²) in [5.74, 6) is 1.59. The second kappa shape index (κ2) is 12.1. The van der Waals surface area contributed by atoms with Crippen molar-refractivity contribution in [1.29, 1.82) is 0 Å². The van der Waals surface area contributed by atoms with Crippen molar-refractivity contribution in [1.82, 2.24) is 18.8 Å². The fourth-order valence-electron chi connectivity index (χ4n) is 8.33. The monoisotopic (exact) mass is 738 g/mol. The Morgan fingerprint density at radius 2 is 0.786 bits per heavy atom. The summed E-state index contributed by atoms with van der Waals surface area (Å²) in [6, 6.07) is 59.6. The van der Waals surface area contributed by atoms with Gasteiger partial charge in [0.2, 0.25) is 0 Å². The number of hydrogen-bond acceptors (Lipinski definition) is 6. The molecule has 0 amide bonds. The highest BCUT2D eigenvalue weighted by atomic mass is 32.2. The molecule has 264 valence electrons. The molecule has 0 aliphatic carbocycles. The van der Waals surface area contributed by atoms with Crippen LogP contribution in [-0.2, 0) is 0 Å². The minimum absolute atomic E-state index is 0.782. The van der Waals surface area contributed by atoms with Crippen LogP contribution in [0, 0.1) is 0 Å². The van der Waals surface area contributed by atoms with Crippen LogP contribution in [0.2, 0.25) is 0 Å². The molecule has 0 bridgehead atoms. The topological polar surface area (TPSA) is 50.3 Å². The van der Waals surface area contributed by atoms with E-state index >= 15 is 0 Å². The van der Waals surface area contributed by atoms with E-state index in [1.807, 2.05) is 42.7 Å². The zero-order valence-corrected chi connectivity index (χ0v) is 30.6. The highest BCUT2D eigenvalue weighted by molar-refractivity contribution is 7.99. The smallest absolute Gasteiger partial charge is 0.182 e. The molecule has 0 spiro atoms. The molecule has 0 radical (unpaired) electrons. The molecule has 0 unspecified atom stereocenters. The molecule has 0 fully saturated rings. The lowest BCUT2D eigenvalue weighted by molar-refractivity contribution is 0.477. The maximum absolute atomic E-state index is 6.58. The maximum atomic E-state index is 6.58. The van der Waals surface area contributed by atoms with Crippen molar-refractivity contribution in [2.24, 2.45) is 0 Å². The number of imidazole rings is 2. The number of para-hydroxylation sites is 6. The highest BCUT2D eigenvalue weighted by Gasteiger charge is 2.33. The van der Waals surface area contributed by atoms with E-state index in [0.29, 0.717) is 0 Å². The first-order valence-electron chi connectivity index (χ1n) is 18.6. The average molecular weight is 739 g/mol. The Bertz CT molecular complexity index is 2870. The summed E-state index contributed by atoms with van der Waals surface area (Å²) in [4.78, 5) is 17.4. The first-order valence-corrected chi connectivity index (χ1v) is 19.4. The molecule has 2 aliphatic heterocycles. The van der Waals surface area contributed by atoms with Crippen LogP contribution in [0.1, 0.15) is 0 Å². The summed E-state index contributed by atoms with van der Waals surface area (Å²) < 4.78 is 11.1. The Kier molecular flexibility index (Phi) is 6.73. The summed E-state index contributed by atoms with van der Waals surface area (Å²) in [5, 5.41) is 0. The summed E-state index contributed by atoms with van der Waals surface area (Å²) in [5.41, 5.74) is 13.8. The molecule has 12 rings (SSSR count). The van der Waals surface area contributed by atoms with Crippen LogP contribution in [-0.4, -0.2) is 18.8 Å². The summed E-state index contributed by atoms with van der Waals surface area (Å²) in [6.07, 6.45) is 3.95. The Hall–Kier alpha value is -7.29. The van der Waals surface area contributed by atoms with E-state index in [4.69, 9.17) is 14.7 Å². The highest BCUT2D eigenvalue weighted by Crippen LogP contribution is 2.58. The SMILES string of the molecule is c1ccc(-c2cnc3c4ncc(-c5ccccc5)n4c4cc(N5c6ccccc6Sc6ccccc65)c(N5c6ccccc6Oc6ccccc65)cc4n23)cc1. The van der Waals surface area contributed by atoms with Gasteiger partial charge in [-0.05, 0) is 60.7 Å². The molecular weight excluding hydrogens is 709 g/mol. The van der Waals surface area contributed by atoms with E-state index in [1.54, 1.807) is 11.8 Å². The van der Waals surface area contributed by atoms with Gasteiger partial charge in [0.1, 0.15) is 0 Å². The van der Waals surface area contributed by atoms with E-state index in [2.05, 4.69) is 158 Å². The molecule has 56 heavy (non-hydrogen) atoms. The number of rotatable bonds is 4. The number of hydrogen-bond donors (Lipinski definition) is 0. The van der Waals surface area contributed by atoms with Gasteiger partial charge in [-0.25, -0.2) is 9.97 Å². The van der Waals surface area contributed by atoms with Gasteiger partial charge >= 0.3 is 0 Å². The molecule has 5 heterocycles. The van der Waals surface area contributed by atoms with Crippen LogP contribution in [0.5, 0.6) is 11.5 Å². The lowest BCUT2D eigenvalue weighted by atomic mass is 10.1. The first kappa shape index (κ1) is 31.1. The van der Waals surface area contributed by atoms with Crippen molar-refractivity contribution in [3.05, 3.63) is 182 Å². The number of aromatic nitrogens is 4. The molecule has 7 aromatic carbocycles. The standard InChI is InChI=1S/C48H30N6OS/c1-3-15-31(16-4-1)41-29-49-47-48-50-30-42(32-17-5-2-6-18-32)54(48)40-28-38(52-35-21-9-13-25-45(35)56-46-26-14-10-22-36(46)52)37(27-39(40)53(41)47)51-33-19-7-11-23-43(33)55-44-24-12-8-20-34(44)51/h1-30H. The molecule has 10 aromatic rings. The molecule has 8 heteroatoms. The zero-order chi connectivity index (χ0) is 36.7. The summed E-state index contributed by atoms with van der Waals surface area (Å²) in [6.45, 7) is 0. The predicted molar refractivity (Wildman–Crippen MR) is 226 cm³/mol. The van der Waals surface area contributed by atoms with Crippen molar-refractivity contribution >= 4 is 68.2 Å². The number of anilines is 6. The van der Waals surface area contributed by atoms with Crippen molar-refractivity contribution in [3.63, 3.8) is 0 Å². The van der Waals surface area contributed by atoms with Crippen LogP contribution in [0.4, 0.5) is 34.1 Å². The van der Waals surface area contributed by atoms with Gasteiger partial charge < -0.3 is 14.5 Å². The third-order valence-corrected chi connectivity index (χ3v) is 11.9. The quantitative estimate of drug-likeness (QED) is 0.179. The van der Waals surface area contributed by atoms with Gasteiger partial charge in [-0.3, -0.25) is 8.80 Å². The fourth-order valence-corrected chi connectivity index (χ4v) is 9.39. The minimum atomic E-state index is 0.782. The van der Waals surface area contributed by atoms with Crippen LogP contribution in [0.3, 0.4) is 0 Å². The third kappa shape index (κ3) is 4.53. The lowest BCUT2D eigenvalue weighted by Crippen LogP contribution is -2.21. The number of ether oxygens (including phenoxy) is 1. The van der Waals surface area contributed by atoms with Crippen molar-refractivity contribution < 1.29 is 4.74 Å². The summed E-state index contributed by atoms with van der Waals surface area (Å²) >= 11 is 1.81. The molecule has 0 atom stereocenters. The zero-order valence-electron chi connectivity index (χ0n) is 29.8. The van der Waals surface area contributed by atoms with E-state index in [1.165, 1.54) is 9.79 Å². The largest absolute Gasteiger partial charge is 0.453 e. The maximum Gasteiger partial charge on any atom is 0.182 e. The average Bonchev–Trinajstić information content (AvgIpc) is 3.91. The molecule has 0 saturated carbocycles. The second-order valence-electron chi connectivity index (χ2n) is 13.9. The Morgan fingerprint density at radius 1 is 0.393 bits per heavy atom. The molecule has 7 nitrogen and oxygen atoms in total. The van der Waals surface area contributed by atoms with Gasteiger partial charge in [-0.2, -0.15) is 0 Å². The second-order valence-corrected chi connectivity index (χ2v) is 15.0. The van der Waals surface area contributed by atoms with E-state index in [0.717, 1.165) is 90.5 Å². The Balaban J connectivity index is 1.28. The van der Waals surface area contributed by atoms with E-state index < -0.39 is 0 Å². The van der Waals surface area contributed by atoms with Gasteiger partial charge in [-0.1, -0.05) is 121 Å². The summed E-state index contributed by atoms with van der Waals surface area (Å²) in [7, 11) is 0. The van der Waals surface area contributed by atoms with Gasteiger partial charge in [0, 0.05) is 20.9 Å². The van der Waals surface area contributed by atoms with Gasteiger partial charge in [-0.15, -0.1) is 0 Å². The Labute approximate surface area is 326 Å². The lowest BCUT2D eigenvalue weighted by Gasteiger charge is -2.38. The molecular formula is C48H30N6OS. The molecule has 3 aromatic heterocycles. The number of nitrogens with zero attached hydrogens (tertiary/aromatic N) is 6. The normalized spacial score (nSPS) is 13.0. The first-order chi connectivity index (χ1) is 27.8. The molecule has 0 N–H and O–H groups in total. The van der Waals surface area contributed by atoms with Crippen LogP contribution in [0.25, 0.3) is 44.8 Å². The van der Waals surface area contributed by atoms with Crippen LogP contribution in [0.15, 0.2) is 192 Å². The third-order valence-electron chi connectivity index (χ3n) is 10.8. The van der Waals surface area contributed by atoms with Gasteiger partial charge in [0.15, 0.2) is 22.8 Å².